The first-order valence-corrected chi connectivity index (χ1v) is 9.83. The van der Waals surface area contributed by atoms with Gasteiger partial charge in [0.2, 0.25) is 11.8 Å². The van der Waals surface area contributed by atoms with E-state index in [0.29, 0.717) is 18.9 Å². The van der Waals surface area contributed by atoms with Gasteiger partial charge in [0.05, 0.1) is 5.92 Å². The van der Waals surface area contributed by atoms with Crippen LogP contribution in [0, 0.1) is 11.8 Å². The van der Waals surface area contributed by atoms with Crippen LogP contribution in [0.4, 0.5) is 0 Å². The number of rotatable bonds is 6. The normalized spacial score (nSPS) is 26.0. The lowest BCUT2D eigenvalue weighted by molar-refractivity contribution is -0.140. The Morgan fingerprint density at radius 1 is 1.04 bits per heavy atom. The molecular formula is C21H28N2O2. The van der Waals surface area contributed by atoms with Crippen molar-refractivity contribution in [2.24, 2.45) is 11.8 Å². The van der Waals surface area contributed by atoms with Crippen LogP contribution in [-0.2, 0) is 16.0 Å². The molecule has 0 N–H and O–H groups in total. The first kappa shape index (κ1) is 16.6. The predicted molar refractivity (Wildman–Crippen MR) is 96.9 cm³/mol. The average Bonchev–Trinajstić information content (AvgIpc) is 3.46. The molecule has 2 amide bonds. The van der Waals surface area contributed by atoms with Crippen molar-refractivity contribution in [2.45, 2.75) is 51.0 Å². The molecule has 0 aromatic heterocycles. The van der Waals surface area contributed by atoms with Gasteiger partial charge >= 0.3 is 0 Å². The number of fused-ring (bicyclic) bond motifs is 4. The molecule has 2 bridgehead atoms. The van der Waals surface area contributed by atoms with E-state index in [1.54, 1.807) is 0 Å². The number of piperidine rings is 1. The highest BCUT2D eigenvalue weighted by Gasteiger charge is 2.43. The second-order valence-electron chi connectivity index (χ2n) is 8.00. The molecule has 25 heavy (non-hydrogen) atoms. The number of carbonyl (C=O) groups is 2. The van der Waals surface area contributed by atoms with Gasteiger partial charge in [-0.15, -0.1) is 0 Å². The largest absolute Gasteiger partial charge is 0.340 e. The van der Waals surface area contributed by atoms with E-state index in [9.17, 15) is 9.59 Å². The maximum Gasteiger partial charge on any atom is 0.227 e. The molecule has 0 spiro atoms. The molecule has 1 aliphatic carbocycles. The van der Waals surface area contributed by atoms with E-state index in [0.717, 1.165) is 44.7 Å². The van der Waals surface area contributed by atoms with Crippen molar-refractivity contribution in [3.05, 3.63) is 35.9 Å². The third-order valence-corrected chi connectivity index (χ3v) is 6.00. The Kier molecular flexibility index (Phi) is 4.78. The van der Waals surface area contributed by atoms with E-state index in [1.165, 1.54) is 18.4 Å². The second-order valence-corrected chi connectivity index (χ2v) is 8.00. The van der Waals surface area contributed by atoms with Crippen molar-refractivity contribution >= 4 is 11.8 Å². The summed E-state index contributed by atoms with van der Waals surface area (Å²) in [4.78, 5) is 29.5. The fraction of sp³-hybridized carbons (Fsp3) is 0.619. The van der Waals surface area contributed by atoms with E-state index in [2.05, 4.69) is 17.0 Å². The van der Waals surface area contributed by atoms with E-state index < -0.39 is 0 Å². The van der Waals surface area contributed by atoms with E-state index in [1.807, 2.05) is 23.1 Å². The lowest BCUT2D eigenvalue weighted by Crippen LogP contribution is -2.48. The Balaban J connectivity index is 1.33. The Morgan fingerprint density at radius 2 is 1.84 bits per heavy atom. The van der Waals surface area contributed by atoms with Crippen molar-refractivity contribution < 1.29 is 9.59 Å². The van der Waals surface area contributed by atoms with Crippen molar-refractivity contribution in [1.82, 2.24) is 9.80 Å². The van der Waals surface area contributed by atoms with Gasteiger partial charge in [-0.1, -0.05) is 30.3 Å². The molecule has 3 aliphatic heterocycles. The highest BCUT2D eigenvalue weighted by Crippen LogP contribution is 2.35. The molecule has 3 heterocycles. The Hall–Kier alpha value is -1.84. The summed E-state index contributed by atoms with van der Waals surface area (Å²) in [7, 11) is 0. The molecule has 1 saturated carbocycles. The fourth-order valence-corrected chi connectivity index (χ4v) is 4.31. The minimum absolute atomic E-state index is 0.0376. The third-order valence-electron chi connectivity index (χ3n) is 6.00. The molecule has 1 aromatic rings. The number of hydrogen-bond acceptors (Lipinski definition) is 2. The van der Waals surface area contributed by atoms with Crippen molar-refractivity contribution in [1.29, 1.82) is 0 Å². The van der Waals surface area contributed by atoms with Crippen molar-refractivity contribution in [2.75, 3.05) is 19.6 Å². The van der Waals surface area contributed by atoms with Crippen LogP contribution in [0.25, 0.3) is 0 Å². The smallest absolute Gasteiger partial charge is 0.227 e. The van der Waals surface area contributed by atoms with Crippen LogP contribution in [0.15, 0.2) is 30.3 Å². The maximum absolute atomic E-state index is 12.7. The van der Waals surface area contributed by atoms with Crippen molar-refractivity contribution in [3.8, 4) is 0 Å². The Morgan fingerprint density at radius 3 is 2.60 bits per heavy atom. The first-order valence-electron chi connectivity index (χ1n) is 9.83. The number of hydrogen-bond donors (Lipinski definition) is 0. The van der Waals surface area contributed by atoms with Gasteiger partial charge in [-0.3, -0.25) is 9.59 Å². The SMILES string of the molecule is O=C(CCCc1ccccc1)N1C[C@@H]2CC[C@H](C1)N(CC1CC1)C2=O. The highest BCUT2D eigenvalue weighted by atomic mass is 16.2. The molecule has 0 unspecified atom stereocenters. The van der Waals surface area contributed by atoms with Crippen LogP contribution < -0.4 is 0 Å². The average molecular weight is 340 g/mol. The van der Waals surface area contributed by atoms with Crippen LogP contribution in [0.5, 0.6) is 0 Å². The molecule has 0 radical (unpaired) electrons. The summed E-state index contributed by atoms with van der Waals surface area (Å²) >= 11 is 0. The number of benzene rings is 1. The second kappa shape index (κ2) is 7.19. The molecular weight excluding hydrogens is 312 g/mol. The summed E-state index contributed by atoms with van der Waals surface area (Å²) in [6.45, 7) is 2.32. The van der Waals surface area contributed by atoms with Gasteiger partial charge in [0.15, 0.2) is 0 Å². The summed E-state index contributed by atoms with van der Waals surface area (Å²) in [6, 6.07) is 10.6. The number of nitrogens with zero attached hydrogens (tertiary/aromatic N) is 2. The van der Waals surface area contributed by atoms with Crippen LogP contribution in [0.1, 0.15) is 44.1 Å². The fourth-order valence-electron chi connectivity index (χ4n) is 4.31. The first-order chi connectivity index (χ1) is 12.2. The summed E-state index contributed by atoms with van der Waals surface area (Å²) in [5, 5.41) is 0. The van der Waals surface area contributed by atoms with Gasteiger partial charge < -0.3 is 9.80 Å². The summed E-state index contributed by atoms with van der Waals surface area (Å²) in [5.74, 6) is 1.30. The Labute approximate surface area is 150 Å². The van der Waals surface area contributed by atoms with Crippen LogP contribution in [0.2, 0.25) is 0 Å². The van der Waals surface area contributed by atoms with Gasteiger partial charge in [-0.05, 0) is 50.0 Å². The lowest BCUT2D eigenvalue weighted by atomic mass is 9.94. The van der Waals surface area contributed by atoms with Gasteiger partial charge in [-0.2, -0.15) is 0 Å². The number of carbonyl (C=O) groups excluding carboxylic acids is 2. The minimum atomic E-state index is 0.0376. The topological polar surface area (TPSA) is 40.6 Å². The Bertz CT molecular complexity index is 626. The summed E-state index contributed by atoms with van der Waals surface area (Å²) in [6.07, 6.45) is 6.97. The zero-order chi connectivity index (χ0) is 17.2. The molecule has 4 heteroatoms. The maximum atomic E-state index is 12.7. The molecule has 4 aliphatic rings. The lowest BCUT2D eigenvalue weighted by Gasteiger charge is -2.36. The molecule has 4 fully saturated rings. The predicted octanol–water partition coefficient (Wildman–Crippen LogP) is 2.87. The molecule has 134 valence electrons. The molecule has 1 aromatic carbocycles. The number of aryl methyl sites for hydroxylation is 1. The van der Waals surface area contributed by atoms with Crippen LogP contribution in [0.3, 0.4) is 0 Å². The van der Waals surface area contributed by atoms with Gasteiger partial charge in [0, 0.05) is 32.1 Å². The zero-order valence-corrected chi connectivity index (χ0v) is 14.9. The van der Waals surface area contributed by atoms with E-state index in [-0.39, 0.29) is 17.9 Å². The standard InChI is InChI=1S/C21H28N2O2/c24-20(8-4-7-16-5-2-1-3-6-16)22-14-18-11-12-19(15-22)23(21(18)25)13-17-9-10-17/h1-3,5-6,17-19H,4,7-15H2/t18-,19+/m0/s1. The van der Waals surface area contributed by atoms with Crippen molar-refractivity contribution in [3.63, 3.8) is 0 Å². The van der Waals surface area contributed by atoms with E-state index in [4.69, 9.17) is 0 Å². The minimum Gasteiger partial charge on any atom is -0.340 e. The molecule has 5 rings (SSSR count). The summed E-state index contributed by atoms with van der Waals surface area (Å²) < 4.78 is 0. The monoisotopic (exact) mass is 340 g/mol. The third kappa shape index (κ3) is 3.88. The van der Waals surface area contributed by atoms with Crippen LogP contribution in [-0.4, -0.2) is 47.3 Å². The highest BCUT2D eigenvalue weighted by molar-refractivity contribution is 5.83. The van der Waals surface area contributed by atoms with Gasteiger partial charge in [0.1, 0.15) is 0 Å². The molecule has 3 saturated heterocycles. The quantitative estimate of drug-likeness (QED) is 0.799. The van der Waals surface area contributed by atoms with Crippen LogP contribution >= 0.6 is 0 Å². The van der Waals surface area contributed by atoms with Gasteiger partial charge in [-0.25, -0.2) is 0 Å². The molecule has 2 atom stereocenters. The van der Waals surface area contributed by atoms with E-state index >= 15 is 0 Å². The zero-order valence-electron chi connectivity index (χ0n) is 14.9. The molecule has 4 nitrogen and oxygen atoms in total. The van der Waals surface area contributed by atoms with Gasteiger partial charge in [0.25, 0.3) is 0 Å². The summed E-state index contributed by atoms with van der Waals surface area (Å²) in [5.41, 5.74) is 1.29. The number of amides is 2.